The van der Waals surface area contributed by atoms with Gasteiger partial charge in [0.25, 0.3) is 11.6 Å². The van der Waals surface area contributed by atoms with Gasteiger partial charge in [0.2, 0.25) is 0 Å². The van der Waals surface area contributed by atoms with Crippen LogP contribution in [0.5, 0.6) is 0 Å². The Balaban J connectivity index is 2.81. The molecule has 0 saturated carbocycles. The van der Waals surface area contributed by atoms with Gasteiger partial charge in [0.1, 0.15) is 0 Å². The fourth-order valence-electron chi connectivity index (χ4n) is 1.76. The van der Waals surface area contributed by atoms with Gasteiger partial charge in [-0.25, -0.2) is 0 Å². The van der Waals surface area contributed by atoms with Crippen molar-refractivity contribution in [2.45, 2.75) is 25.9 Å². The number of aryl methyl sites for hydroxylation is 1. The third-order valence-electron chi connectivity index (χ3n) is 2.70. The highest BCUT2D eigenvalue weighted by atomic mass is 16.6. The van der Waals surface area contributed by atoms with Crippen LogP contribution >= 0.6 is 0 Å². The highest BCUT2D eigenvalue weighted by molar-refractivity contribution is 5.95. The number of nitrogens with zero attached hydrogens (tertiary/aromatic N) is 1. The lowest BCUT2D eigenvalue weighted by Crippen LogP contribution is -2.42. The minimum atomic E-state index is -1.60. The molecular formula is C13H16N2O6. The average molecular weight is 296 g/mol. The van der Waals surface area contributed by atoms with Crippen molar-refractivity contribution in [1.82, 2.24) is 5.32 Å². The third-order valence-corrected chi connectivity index (χ3v) is 2.70. The average Bonchev–Trinajstić information content (AvgIpc) is 2.33. The first kappa shape index (κ1) is 16.6. The van der Waals surface area contributed by atoms with Crippen LogP contribution in [-0.2, 0) is 4.79 Å². The highest BCUT2D eigenvalue weighted by Crippen LogP contribution is 2.17. The van der Waals surface area contributed by atoms with Crippen LogP contribution in [-0.4, -0.2) is 39.2 Å². The number of aliphatic carboxylic acids is 1. The summed E-state index contributed by atoms with van der Waals surface area (Å²) in [5.41, 5.74) is -1.19. The van der Waals surface area contributed by atoms with Crippen LogP contribution in [0.2, 0.25) is 0 Å². The molecule has 0 bridgehead atoms. The molecule has 0 aliphatic carbocycles. The Morgan fingerprint density at radius 3 is 2.52 bits per heavy atom. The van der Waals surface area contributed by atoms with E-state index in [4.69, 9.17) is 5.11 Å². The summed E-state index contributed by atoms with van der Waals surface area (Å²) in [4.78, 5) is 32.6. The summed E-state index contributed by atoms with van der Waals surface area (Å²) in [6, 6.07) is 3.92. The van der Waals surface area contributed by atoms with Crippen LogP contribution in [0.15, 0.2) is 18.2 Å². The monoisotopic (exact) mass is 296 g/mol. The first-order valence-corrected chi connectivity index (χ1v) is 6.09. The molecule has 1 atom stereocenters. The van der Waals surface area contributed by atoms with Crippen molar-refractivity contribution in [3.8, 4) is 0 Å². The predicted molar refractivity (Wildman–Crippen MR) is 73.0 cm³/mol. The molecule has 114 valence electrons. The van der Waals surface area contributed by atoms with Crippen molar-refractivity contribution in [3.63, 3.8) is 0 Å². The number of hydrogen-bond donors (Lipinski definition) is 3. The summed E-state index contributed by atoms with van der Waals surface area (Å²) in [6.07, 6.45) is -0.527. The second-order valence-corrected chi connectivity index (χ2v) is 5.06. The summed E-state index contributed by atoms with van der Waals surface area (Å²) in [7, 11) is 0. The van der Waals surface area contributed by atoms with E-state index in [9.17, 15) is 24.8 Å². The number of aliphatic hydroxyl groups is 1. The molecule has 0 aliphatic heterocycles. The van der Waals surface area contributed by atoms with E-state index in [1.807, 2.05) is 0 Å². The van der Waals surface area contributed by atoms with E-state index in [0.29, 0.717) is 5.56 Å². The molecule has 8 nitrogen and oxygen atoms in total. The Morgan fingerprint density at radius 2 is 2.00 bits per heavy atom. The molecule has 3 N–H and O–H groups in total. The number of nitro benzene ring substituents is 1. The molecular weight excluding hydrogens is 280 g/mol. The fourth-order valence-corrected chi connectivity index (χ4v) is 1.76. The molecule has 1 aromatic rings. The lowest BCUT2D eigenvalue weighted by atomic mass is 10.0. The molecule has 1 amide bonds. The Bertz CT molecular complexity index is 582. The van der Waals surface area contributed by atoms with Crippen LogP contribution in [0.4, 0.5) is 5.69 Å². The number of hydrogen-bond acceptors (Lipinski definition) is 5. The molecule has 1 unspecified atom stereocenters. The van der Waals surface area contributed by atoms with E-state index in [0.717, 1.165) is 6.07 Å². The Kier molecular flexibility index (Phi) is 4.98. The van der Waals surface area contributed by atoms with Crippen LogP contribution in [0.3, 0.4) is 0 Å². The van der Waals surface area contributed by atoms with E-state index in [1.165, 1.54) is 19.1 Å². The van der Waals surface area contributed by atoms with Gasteiger partial charge in [0.15, 0.2) is 0 Å². The standard InChI is InChI=1S/C13H16N2O6/c1-8-3-9(5-10(4-8)15(20)21)12(18)14-7-13(2,19)6-11(16)17/h3-5,19H,6-7H2,1-2H3,(H,14,18)(H,16,17). The van der Waals surface area contributed by atoms with Crippen molar-refractivity contribution in [2.24, 2.45) is 0 Å². The quantitative estimate of drug-likeness (QED) is 0.527. The maximum absolute atomic E-state index is 11.9. The Morgan fingerprint density at radius 1 is 1.38 bits per heavy atom. The summed E-state index contributed by atoms with van der Waals surface area (Å²) in [6.45, 7) is 2.62. The number of carbonyl (C=O) groups excluding carboxylic acids is 1. The molecule has 0 fully saturated rings. The molecule has 0 aromatic heterocycles. The van der Waals surface area contributed by atoms with Gasteiger partial charge in [-0.2, -0.15) is 0 Å². The van der Waals surface area contributed by atoms with E-state index in [1.54, 1.807) is 6.92 Å². The van der Waals surface area contributed by atoms with Gasteiger partial charge in [-0.1, -0.05) is 0 Å². The lowest BCUT2D eigenvalue weighted by molar-refractivity contribution is -0.384. The number of nitrogens with one attached hydrogen (secondary N) is 1. The number of carbonyl (C=O) groups is 2. The smallest absolute Gasteiger partial charge is 0.306 e. The molecule has 1 rings (SSSR count). The van der Waals surface area contributed by atoms with E-state index < -0.39 is 28.8 Å². The molecule has 0 radical (unpaired) electrons. The van der Waals surface area contributed by atoms with Crippen LogP contribution in [0.1, 0.15) is 29.3 Å². The van der Waals surface area contributed by atoms with Crippen molar-refractivity contribution < 1.29 is 24.7 Å². The molecule has 0 aliphatic rings. The van der Waals surface area contributed by atoms with Crippen molar-refractivity contribution in [3.05, 3.63) is 39.4 Å². The number of carboxylic acids is 1. The summed E-state index contributed by atoms with van der Waals surface area (Å²) in [5.74, 6) is -1.81. The molecule has 8 heteroatoms. The topological polar surface area (TPSA) is 130 Å². The summed E-state index contributed by atoms with van der Waals surface area (Å²) < 4.78 is 0. The Hall–Kier alpha value is -2.48. The van der Waals surface area contributed by atoms with Crippen molar-refractivity contribution >= 4 is 17.6 Å². The van der Waals surface area contributed by atoms with Crippen molar-refractivity contribution in [1.29, 1.82) is 0 Å². The maximum Gasteiger partial charge on any atom is 0.306 e. The zero-order valence-electron chi connectivity index (χ0n) is 11.6. The van der Waals surface area contributed by atoms with Gasteiger partial charge in [0.05, 0.1) is 16.9 Å². The van der Waals surface area contributed by atoms with Crippen LogP contribution in [0.25, 0.3) is 0 Å². The summed E-state index contributed by atoms with van der Waals surface area (Å²) in [5, 5.41) is 31.5. The molecule has 0 spiro atoms. The lowest BCUT2D eigenvalue weighted by Gasteiger charge is -2.21. The van der Waals surface area contributed by atoms with Gasteiger partial charge < -0.3 is 15.5 Å². The zero-order valence-corrected chi connectivity index (χ0v) is 11.6. The van der Waals surface area contributed by atoms with Crippen molar-refractivity contribution in [2.75, 3.05) is 6.54 Å². The largest absolute Gasteiger partial charge is 0.481 e. The van der Waals surface area contributed by atoms with Crippen LogP contribution in [0, 0.1) is 17.0 Å². The fraction of sp³-hybridized carbons (Fsp3) is 0.385. The molecule has 1 aromatic carbocycles. The number of rotatable bonds is 6. The first-order chi connectivity index (χ1) is 9.60. The Labute approximate surface area is 120 Å². The van der Waals surface area contributed by atoms with Gasteiger partial charge in [-0.3, -0.25) is 19.7 Å². The highest BCUT2D eigenvalue weighted by Gasteiger charge is 2.25. The van der Waals surface area contributed by atoms with E-state index >= 15 is 0 Å². The van der Waals surface area contributed by atoms with Gasteiger partial charge in [0, 0.05) is 24.2 Å². The number of carboxylic acid groups (broad SMARTS) is 1. The molecule has 21 heavy (non-hydrogen) atoms. The number of nitro groups is 1. The SMILES string of the molecule is Cc1cc(C(=O)NCC(C)(O)CC(=O)O)cc([N+](=O)[O-])c1. The molecule has 0 saturated heterocycles. The second-order valence-electron chi connectivity index (χ2n) is 5.06. The van der Waals surface area contributed by atoms with Gasteiger partial charge >= 0.3 is 5.97 Å². The van der Waals surface area contributed by atoms with Crippen LogP contribution < -0.4 is 5.32 Å². The van der Waals surface area contributed by atoms with Gasteiger partial charge in [-0.05, 0) is 25.5 Å². The zero-order chi connectivity index (χ0) is 16.2. The number of benzene rings is 1. The third kappa shape index (κ3) is 5.19. The number of non-ortho nitro benzene ring substituents is 1. The van der Waals surface area contributed by atoms with Gasteiger partial charge in [-0.15, -0.1) is 0 Å². The maximum atomic E-state index is 11.9. The van der Waals surface area contributed by atoms with E-state index in [2.05, 4.69) is 5.32 Å². The first-order valence-electron chi connectivity index (χ1n) is 6.09. The second kappa shape index (κ2) is 6.31. The summed E-state index contributed by atoms with van der Waals surface area (Å²) >= 11 is 0. The number of amides is 1. The minimum Gasteiger partial charge on any atom is -0.481 e. The molecule has 0 heterocycles. The normalized spacial score (nSPS) is 13.3. The predicted octanol–water partition coefficient (Wildman–Crippen LogP) is 0.859. The van der Waals surface area contributed by atoms with E-state index in [-0.39, 0.29) is 17.8 Å². The minimum absolute atomic E-state index is 0.0767.